The van der Waals surface area contributed by atoms with Crippen LogP contribution in [0.15, 0.2) is 34.2 Å². The number of carbonyl (C=O) groups excluding carboxylic acids is 1. The highest BCUT2D eigenvalue weighted by Gasteiger charge is 2.18. The second-order valence-corrected chi connectivity index (χ2v) is 8.37. The molecule has 6 heteroatoms. The Kier molecular flexibility index (Phi) is 6.27. The number of ether oxygens (including phenoxy) is 1. The fraction of sp³-hybridized carbons (Fsp3) is 0.526. The molecule has 0 saturated heterocycles. The van der Waals surface area contributed by atoms with Gasteiger partial charge in [0.15, 0.2) is 5.16 Å². The molecule has 0 aliphatic heterocycles. The van der Waals surface area contributed by atoms with Gasteiger partial charge >= 0.3 is 5.97 Å². The first-order valence-corrected chi connectivity index (χ1v) is 9.50. The zero-order valence-corrected chi connectivity index (χ0v) is 16.4. The summed E-state index contributed by atoms with van der Waals surface area (Å²) in [5, 5.41) is 1.17. The summed E-state index contributed by atoms with van der Waals surface area (Å²) in [4.78, 5) is 29.4. The van der Waals surface area contributed by atoms with Crippen LogP contribution in [0.1, 0.15) is 41.0 Å². The first-order chi connectivity index (χ1) is 11.7. The molecule has 0 fully saturated rings. The predicted molar refractivity (Wildman–Crippen MR) is 102 cm³/mol. The molecule has 5 nitrogen and oxygen atoms in total. The van der Waals surface area contributed by atoms with E-state index in [-0.39, 0.29) is 17.3 Å². The molecule has 1 aromatic carbocycles. The van der Waals surface area contributed by atoms with Gasteiger partial charge in [0.1, 0.15) is 5.60 Å². The number of fused-ring (bicyclic) bond motifs is 1. The van der Waals surface area contributed by atoms with Crippen molar-refractivity contribution in [2.24, 2.45) is 5.92 Å². The molecule has 0 N–H and O–H groups in total. The molecule has 1 aromatic heterocycles. The van der Waals surface area contributed by atoms with Gasteiger partial charge in [-0.05, 0) is 45.2 Å². The summed E-state index contributed by atoms with van der Waals surface area (Å²) in [5.74, 6) is 0.293. The van der Waals surface area contributed by atoms with Gasteiger partial charge in [0.05, 0.1) is 16.7 Å². The van der Waals surface area contributed by atoms with Crippen LogP contribution in [0.25, 0.3) is 10.9 Å². The Hall–Kier alpha value is -1.82. The third kappa shape index (κ3) is 5.59. The van der Waals surface area contributed by atoms with Gasteiger partial charge in [-0.1, -0.05) is 37.7 Å². The van der Waals surface area contributed by atoms with E-state index >= 15 is 0 Å². The van der Waals surface area contributed by atoms with Crippen LogP contribution in [0.3, 0.4) is 0 Å². The molecular formula is C19H26N2O3S. The Bertz CT molecular complexity index is 806. The average Bonchev–Trinajstić information content (AvgIpc) is 2.50. The number of benzene rings is 1. The van der Waals surface area contributed by atoms with E-state index in [4.69, 9.17) is 4.74 Å². The minimum Gasteiger partial charge on any atom is -0.459 e. The van der Waals surface area contributed by atoms with Gasteiger partial charge in [0.2, 0.25) is 0 Å². The van der Waals surface area contributed by atoms with Gasteiger partial charge in [0, 0.05) is 6.54 Å². The van der Waals surface area contributed by atoms with E-state index in [9.17, 15) is 9.59 Å². The standard InChI is InChI=1S/C19H26N2O3S/c1-13(2)10-11-21-17(23)14-8-6-7-9-15(14)20-18(21)25-12-16(22)24-19(3,4)5/h6-9,13H,10-12H2,1-5H3. The molecule has 0 aliphatic rings. The topological polar surface area (TPSA) is 61.2 Å². The third-order valence-electron chi connectivity index (χ3n) is 3.50. The number of aromatic nitrogens is 2. The van der Waals surface area contributed by atoms with E-state index in [1.54, 1.807) is 10.6 Å². The fourth-order valence-corrected chi connectivity index (χ4v) is 3.14. The third-order valence-corrected chi connectivity index (χ3v) is 4.45. The Morgan fingerprint density at radius 2 is 1.96 bits per heavy atom. The lowest BCUT2D eigenvalue weighted by Gasteiger charge is -2.19. The second kappa shape index (κ2) is 8.04. The lowest BCUT2D eigenvalue weighted by Crippen LogP contribution is -2.26. The fourth-order valence-electron chi connectivity index (χ4n) is 2.34. The van der Waals surface area contributed by atoms with Crippen molar-refractivity contribution in [3.05, 3.63) is 34.6 Å². The van der Waals surface area contributed by atoms with Crippen LogP contribution in [0, 0.1) is 5.92 Å². The average molecular weight is 362 g/mol. The highest BCUT2D eigenvalue weighted by molar-refractivity contribution is 7.99. The number of carbonyl (C=O) groups is 1. The van der Waals surface area contributed by atoms with Gasteiger partial charge in [-0.15, -0.1) is 0 Å². The van der Waals surface area contributed by atoms with Crippen molar-refractivity contribution in [1.82, 2.24) is 9.55 Å². The lowest BCUT2D eigenvalue weighted by molar-refractivity contribution is -0.151. The maximum atomic E-state index is 12.8. The number of esters is 1. The van der Waals surface area contributed by atoms with E-state index in [1.807, 2.05) is 39.0 Å². The first kappa shape index (κ1) is 19.5. The lowest BCUT2D eigenvalue weighted by atomic mass is 10.1. The van der Waals surface area contributed by atoms with E-state index < -0.39 is 5.60 Å². The van der Waals surface area contributed by atoms with Crippen molar-refractivity contribution in [2.45, 2.75) is 58.3 Å². The molecule has 2 rings (SSSR count). The molecule has 0 radical (unpaired) electrons. The summed E-state index contributed by atoms with van der Waals surface area (Å²) in [6.45, 7) is 10.3. The molecule has 136 valence electrons. The maximum absolute atomic E-state index is 12.8. The van der Waals surface area contributed by atoms with Crippen molar-refractivity contribution >= 4 is 28.6 Å². The smallest absolute Gasteiger partial charge is 0.316 e. The molecule has 0 aliphatic carbocycles. The molecule has 0 spiro atoms. The Morgan fingerprint density at radius 1 is 1.28 bits per heavy atom. The predicted octanol–water partition coefficient (Wildman–Crippen LogP) is 3.88. The Morgan fingerprint density at radius 3 is 2.60 bits per heavy atom. The summed E-state index contributed by atoms with van der Waals surface area (Å²) < 4.78 is 7.02. The van der Waals surface area contributed by atoms with Crippen molar-refractivity contribution in [2.75, 3.05) is 5.75 Å². The molecule has 25 heavy (non-hydrogen) atoms. The number of nitrogens with zero attached hydrogens (tertiary/aromatic N) is 2. The summed E-state index contributed by atoms with van der Waals surface area (Å²) >= 11 is 1.25. The number of hydrogen-bond donors (Lipinski definition) is 0. The molecule has 2 aromatic rings. The number of para-hydroxylation sites is 1. The van der Waals surface area contributed by atoms with Gasteiger partial charge in [0.25, 0.3) is 5.56 Å². The molecule has 1 heterocycles. The molecule has 0 saturated carbocycles. The molecule has 0 atom stereocenters. The van der Waals surface area contributed by atoms with Crippen LogP contribution < -0.4 is 5.56 Å². The maximum Gasteiger partial charge on any atom is 0.316 e. The highest BCUT2D eigenvalue weighted by Crippen LogP contribution is 2.20. The van der Waals surface area contributed by atoms with Gasteiger partial charge in [-0.3, -0.25) is 14.2 Å². The number of hydrogen-bond acceptors (Lipinski definition) is 5. The summed E-state index contributed by atoms with van der Waals surface area (Å²) in [5.41, 5.74) is 0.0732. The van der Waals surface area contributed by atoms with E-state index in [0.29, 0.717) is 28.5 Å². The van der Waals surface area contributed by atoms with E-state index in [0.717, 1.165) is 6.42 Å². The largest absolute Gasteiger partial charge is 0.459 e. The Labute approximate surface area is 152 Å². The van der Waals surface area contributed by atoms with Crippen molar-refractivity contribution in [3.63, 3.8) is 0 Å². The van der Waals surface area contributed by atoms with E-state index in [1.165, 1.54) is 11.8 Å². The first-order valence-electron chi connectivity index (χ1n) is 8.51. The number of thioether (sulfide) groups is 1. The summed E-state index contributed by atoms with van der Waals surface area (Å²) in [6, 6.07) is 7.31. The van der Waals surface area contributed by atoms with Crippen molar-refractivity contribution in [1.29, 1.82) is 0 Å². The van der Waals surface area contributed by atoms with Crippen molar-refractivity contribution in [3.8, 4) is 0 Å². The van der Waals surface area contributed by atoms with Crippen molar-refractivity contribution < 1.29 is 9.53 Å². The zero-order valence-electron chi connectivity index (χ0n) is 15.5. The van der Waals surface area contributed by atoms with Crippen LogP contribution in [0.5, 0.6) is 0 Å². The molecule has 0 amide bonds. The Balaban J connectivity index is 2.31. The second-order valence-electron chi connectivity index (χ2n) is 7.43. The van der Waals surface area contributed by atoms with Gasteiger partial charge < -0.3 is 4.74 Å². The zero-order chi connectivity index (χ0) is 18.6. The van der Waals surface area contributed by atoms with Gasteiger partial charge in [-0.2, -0.15) is 0 Å². The molecule has 0 bridgehead atoms. The summed E-state index contributed by atoms with van der Waals surface area (Å²) in [6.07, 6.45) is 0.875. The van der Waals surface area contributed by atoms with Crippen LogP contribution in [-0.2, 0) is 16.1 Å². The molecule has 0 unspecified atom stereocenters. The number of rotatable bonds is 6. The van der Waals surface area contributed by atoms with E-state index in [2.05, 4.69) is 18.8 Å². The minimum atomic E-state index is -0.522. The van der Waals surface area contributed by atoms with Crippen LogP contribution >= 0.6 is 11.8 Å². The van der Waals surface area contributed by atoms with Gasteiger partial charge in [-0.25, -0.2) is 4.98 Å². The SMILES string of the molecule is CC(C)CCn1c(SCC(=O)OC(C)(C)C)nc2ccccc2c1=O. The summed E-state index contributed by atoms with van der Waals surface area (Å²) in [7, 11) is 0. The molecular weight excluding hydrogens is 336 g/mol. The minimum absolute atomic E-state index is 0.0575. The van der Waals surface area contributed by atoms with Crippen LogP contribution in [-0.4, -0.2) is 26.9 Å². The monoisotopic (exact) mass is 362 g/mol. The van der Waals surface area contributed by atoms with Crippen LogP contribution in [0.2, 0.25) is 0 Å². The quantitative estimate of drug-likeness (QED) is 0.443. The normalized spacial score (nSPS) is 11.9. The highest BCUT2D eigenvalue weighted by atomic mass is 32.2. The van der Waals surface area contributed by atoms with Crippen LogP contribution in [0.4, 0.5) is 0 Å².